The fraction of sp³-hybridized carbons (Fsp3) is 0.364. The quantitative estimate of drug-likeness (QED) is 0.906. The van der Waals surface area contributed by atoms with E-state index in [1.165, 1.54) is 11.3 Å². The van der Waals surface area contributed by atoms with Crippen molar-refractivity contribution in [2.45, 2.75) is 26.3 Å². The summed E-state index contributed by atoms with van der Waals surface area (Å²) >= 11 is 7.40. The van der Waals surface area contributed by atoms with Crippen molar-refractivity contribution >= 4 is 28.6 Å². The van der Waals surface area contributed by atoms with E-state index in [4.69, 9.17) is 17.3 Å². The normalized spacial score (nSPS) is 12.9. The SMILES string of the molecule is CCC(C)n1cc(N)c(-c2ccc(Cl)s2)n1. The summed E-state index contributed by atoms with van der Waals surface area (Å²) in [5, 5.41) is 4.51. The summed E-state index contributed by atoms with van der Waals surface area (Å²) in [5.74, 6) is 0. The Morgan fingerprint density at radius 3 is 2.88 bits per heavy atom. The summed E-state index contributed by atoms with van der Waals surface area (Å²) < 4.78 is 2.67. The highest BCUT2D eigenvalue weighted by Gasteiger charge is 2.12. The van der Waals surface area contributed by atoms with Crippen molar-refractivity contribution in [3.05, 3.63) is 22.7 Å². The highest BCUT2D eigenvalue weighted by atomic mass is 35.5. The maximum Gasteiger partial charge on any atom is 0.125 e. The minimum Gasteiger partial charge on any atom is -0.396 e. The minimum atomic E-state index is 0.367. The smallest absolute Gasteiger partial charge is 0.125 e. The Balaban J connectivity index is 2.39. The van der Waals surface area contributed by atoms with Crippen LogP contribution in [0.5, 0.6) is 0 Å². The highest BCUT2D eigenvalue weighted by Crippen LogP contribution is 2.33. The van der Waals surface area contributed by atoms with Crippen LogP contribution in [0.25, 0.3) is 10.6 Å². The Morgan fingerprint density at radius 2 is 2.31 bits per heavy atom. The molecular weight excluding hydrogens is 242 g/mol. The molecule has 0 spiro atoms. The first-order valence-electron chi connectivity index (χ1n) is 5.22. The van der Waals surface area contributed by atoms with E-state index >= 15 is 0 Å². The monoisotopic (exact) mass is 255 g/mol. The summed E-state index contributed by atoms with van der Waals surface area (Å²) in [6, 6.07) is 4.18. The summed E-state index contributed by atoms with van der Waals surface area (Å²) in [6.45, 7) is 4.25. The van der Waals surface area contributed by atoms with Crippen LogP contribution in [0, 0.1) is 0 Å². The number of nitrogen functional groups attached to an aromatic ring is 1. The van der Waals surface area contributed by atoms with Crippen LogP contribution in [0.3, 0.4) is 0 Å². The van der Waals surface area contributed by atoms with Crippen molar-refractivity contribution in [3.63, 3.8) is 0 Å². The van der Waals surface area contributed by atoms with Crippen LogP contribution in [-0.2, 0) is 0 Å². The van der Waals surface area contributed by atoms with Crippen molar-refractivity contribution in [2.24, 2.45) is 0 Å². The highest BCUT2D eigenvalue weighted by molar-refractivity contribution is 7.19. The molecule has 0 aliphatic heterocycles. The van der Waals surface area contributed by atoms with Crippen molar-refractivity contribution < 1.29 is 0 Å². The number of rotatable bonds is 3. The van der Waals surface area contributed by atoms with Crippen LogP contribution in [0.4, 0.5) is 5.69 Å². The Morgan fingerprint density at radius 1 is 1.56 bits per heavy atom. The molecule has 0 amide bonds. The zero-order valence-electron chi connectivity index (χ0n) is 9.27. The molecule has 0 bridgehead atoms. The number of thiophene rings is 1. The average molecular weight is 256 g/mol. The second-order valence-electron chi connectivity index (χ2n) is 3.77. The molecule has 0 aliphatic rings. The van der Waals surface area contributed by atoms with Gasteiger partial charge in [-0.25, -0.2) is 0 Å². The molecule has 1 atom stereocenters. The van der Waals surface area contributed by atoms with Gasteiger partial charge in [-0.15, -0.1) is 11.3 Å². The van der Waals surface area contributed by atoms with Crippen LogP contribution in [0.1, 0.15) is 26.3 Å². The van der Waals surface area contributed by atoms with Crippen LogP contribution in [-0.4, -0.2) is 9.78 Å². The molecule has 16 heavy (non-hydrogen) atoms. The molecule has 0 saturated heterocycles. The number of hydrogen-bond acceptors (Lipinski definition) is 3. The Labute approximate surface area is 104 Å². The first-order chi connectivity index (χ1) is 7.61. The lowest BCUT2D eigenvalue weighted by molar-refractivity contribution is 0.479. The van der Waals surface area contributed by atoms with Gasteiger partial charge in [-0.1, -0.05) is 18.5 Å². The largest absolute Gasteiger partial charge is 0.396 e. The van der Waals surface area contributed by atoms with Crippen molar-refractivity contribution in [2.75, 3.05) is 5.73 Å². The van der Waals surface area contributed by atoms with E-state index in [0.717, 1.165) is 21.3 Å². The first-order valence-corrected chi connectivity index (χ1v) is 6.41. The van der Waals surface area contributed by atoms with Gasteiger partial charge in [0, 0.05) is 12.2 Å². The molecule has 5 heteroatoms. The third-order valence-corrected chi connectivity index (χ3v) is 3.85. The molecule has 3 nitrogen and oxygen atoms in total. The molecule has 2 rings (SSSR count). The van der Waals surface area contributed by atoms with Gasteiger partial charge in [0.05, 0.1) is 14.9 Å². The van der Waals surface area contributed by atoms with Crippen molar-refractivity contribution in [3.8, 4) is 10.6 Å². The molecule has 2 N–H and O–H groups in total. The number of halogens is 1. The van der Waals surface area contributed by atoms with Gasteiger partial charge in [-0.3, -0.25) is 4.68 Å². The van der Waals surface area contributed by atoms with Crippen LogP contribution in [0.2, 0.25) is 4.34 Å². The van der Waals surface area contributed by atoms with E-state index < -0.39 is 0 Å². The minimum absolute atomic E-state index is 0.367. The molecule has 2 aromatic heterocycles. The van der Waals surface area contributed by atoms with E-state index in [0.29, 0.717) is 11.7 Å². The number of hydrogen-bond donors (Lipinski definition) is 1. The molecule has 0 saturated carbocycles. The predicted octanol–water partition coefficient (Wildman–Crippen LogP) is 3.82. The topological polar surface area (TPSA) is 43.8 Å². The number of aromatic nitrogens is 2. The maximum atomic E-state index is 5.96. The standard InChI is InChI=1S/C11H14ClN3S/c1-3-7(2)15-6-8(13)11(14-15)9-4-5-10(12)16-9/h4-7H,3,13H2,1-2H3. The van der Waals surface area contributed by atoms with Crippen molar-refractivity contribution in [1.82, 2.24) is 9.78 Å². The van der Waals surface area contributed by atoms with Gasteiger partial charge in [-0.05, 0) is 25.5 Å². The Kier molecular flexibility index (Phi) is 3.21. The molecular formula is C11H14ClN3S. The van der Waals surface area contributed by atoms with Gasteiger partial charge in [0.15, 0.2) is 0 Å². The Hall–Kier alpha value is -1.00. The third-order valence-electron chi connectivity index (χ3n) is 2.61. The zero-order valence-corrected chi connectivity index (χ0v) is 10.8. The lowest BCUT2D eigenvalue weighted by Gasteiger charge is -2.07. The van der Waals surface area contributed by atoms with Crippen LogP contribution in [0.15, 0.2) is 18.3 Å². The van der Waals surface area contributed by atoms with E-state index in [-0.39, 0.29) is 0 Å². The second-order valence-corrected chi connectivity index (χ2v) is 5.49. The van der Waals surface area contributed by atoms with Crippen LogP contribution >= 0.6 is 22.9 Å². The summed E-state index contributed by atoms with van der Waals surface area (Å²) in [6.07, 6.45) is 2.92. The van der Waals surface area contributed by atoms with Gasteiger partial charge in [0.1, 0.15) is 5.69 Å². The first kappa shape index (κ1) is 11.5. The molecule has 2 heterocycles. The van der Waals surface area contributed by atoms with Gasteiger partial charge < -0.3 is 5.73 Å². The lowest BCUT2D eigenvalue weighted by Crippen LogP contribution is -2.03. The summed E-state index contributed by atoms with van der Waals surface area (Å²) in [5.41, 5.74) is 7.49. The van der Waals surface area contributed by atoms with E-state index in [1.54, 1.807) is 0 Å². The summed E-state index contributed by atoms with van der Waals surface area (Å²) in [7, 11) is 0. The summed E-state index contributed by atoms with van der Waals surface area (Å²) in [4.78, 5) is 1.02. The molecule has 0 aliphatic carbocycles. The number of nitrogens with two attached hydrogens (primary N) is 1. The zero-order chi connectivity index (χ0) is 11.7. The molecule has 0 fully saturated rings. The third kappa shape index (κ3) is 2.08. The lowest BCUT2D eigenvalue weighted by atomic mass is 10.3. The van der Waals surface area contributed by atoms with E-state index in [2.05, 4.69) is 18.9 Å². The number of nitrogens with zero attached hydrogens (tertiary/aromatic N) is 2. The molecule has 2 aromatic rings. The molecule has 86 valence electrons. The predicted molar refractivity (Wildman–Crippen MR) is 70.0 cm³/mol. The number of anilines is 1. The fourth-order valence-corrected chi connectivity index (χ4v) is 2.50. The fourth-order valence-electron chi connectivity index (χ4n) is 1.45. The second kappa shape index (κ2) is 4.47. The van der Waals surface area contributed by atoms with E-state index in [1.807, 2.05) is 23.0 Å². The van der Waals surface area contributed by atoms with E-state index in [9.17, 15) is 0 Å². The Bertz CT molecular complexity index is 489. The van der Waals surface area contributed by atoms with Crippen LogP contribution < -0.4 is 5.73 Å². The molecule has 0 aromatic carbocycles. The van der Waals surface area contributed by atoms with Gasteiger partial charge in [-0.2, -0.15) is 5.10 Å². The molecule has 1 unspecified atom stereocenters. The maximum absolute atomic E-state index is 5.96. The molecule has 0 radical (unpaired) electrons. The van der Waals surface area contributed by atoms with Gasteiger partial charge in [0.25, 0.3) is 0 Å². The van der Waals surface area contributed by atoms with Crippen molar-refractivity contribution in [1.29, 1.82) is 0 Å². The van der Waals surface area contributed by atoms with Gasteiger partial charge >= 0.3 is 0 Å². The average Bonchev–Trinajstić information content (AvgIpc) is 2.83. The van der Waals surface area contributed by atoms with Gasteiger partial charge in [0.2, 0.25) is 0 Å².